The zero-order chi connectivity index (χ0) is 29.3. The highest BCUT2D eigenvalue weighted by molar-refractivity contribution is 6.06. The molecule has 0 radical (unpaired) electrons. The smallest absolute Gasteiger partial charge is 0.244 e. The van der Waals surface area contributed by atoms with Crippen LogP contribution in [0.2, 0.25) is 0 Å². The summed E-state index contributed by atoms with van der Waals surface area (Å²) in [4.78, 5) is 40.0. The average molecular weight is 568 g/mol. The molecule has 2 atom stereocenters. The first-order valence-corrected chi connectivity index (χ1v) is 14.4. The Kier molecular flexibility index (Phi) is 6.00. The molecule has 2 aliphatic heterocycles. The van der Waals surface area contributed by atoms with Crippen LogP contribution in [0.1, 0.15) is 60.6 Å². The number of hydrogen-bond donors (Lipinski definition) is 1. The Morgan fingerprint density at radius 2 is 1.81 bits per heavy atom. The summed E-state index contributed by atoms with van der Waals surface area (Å²) in [6.07, 6.45) is 7.81. The molecule has 4 aliphatic rings. The maximum atomic E-state index is 14.3. The van der Waals surface area contributed by atoms with Gasteiger partial charge in [0.2, 0.25) is 11.8 Å². The van der Waals surface area contributed by atoms with Crippen molar-refractivity contribution in [3.63, 3.8) is 0 Å². The molecule has 2 spiro atoms. The van der Waals surface area contributed by atoms with E-state index in [2.05, 4.69) is 32.0 Å². The van der Waals surface area contributed by atoms with Gasteiger partial charge in [-0.2, -0.15) is 0 Å². The third-order valence-electron chi connectivity index (χ3n) is 9.91. The maximum absolute atomic E-state index is 14.3. The minimum Gasteiger partial charge on any atom is -0.319 e. The van der Waals surface area contributed by atoms with Crippen LogP contribution in [0.15, 0.2) is 48.8 Å². The number of carbonyl (C=O) groups excluding carboxylic acids is 2. The molecule has 7 nitrogen and oxygen atoms in total. The normalized spacial score (nSPS) is 25.9. The number of nitrogens with zero attached hydrogens (tertiary/aromatic N) is 4. The fourth-order valence-electron chi connectivity index (χ4n) is 7.66. The molecule has 2 fully saturated rings. The third-order valence-corrected chi connectivity index (χ3v) is 9.91. The highest BCUT2D eigenvalue weighted by Gasteiger charge is 2.56. The van der Waals surface area contributed by atoms with E-state index in [1.54, 1.807) is 17.3 Å². The van der Waals surface area contributed by atoms with Crippen molar-refractivity contribution in [3.8, 4) is 11.8 Å². The summed E-state index contributed by atoms with van der Waals surface area (Å²) in [6, 6.07) is 9.22. The molecule has 42 heavy (non-hydrogen) atoms. The summed E-state index contributed by atoms with van der Waals surface area (Å²) in [5, 5.41) is 2.91. The molecule has 2 amide bonds. The largest absolute Gasteiger partial charge is 0.319 e. The first kappa shape index (κ1) is 26.7. The lowest BCUT2D eigenvalue weighted by molar-refractivity contribution is -0.161. The lowest BCUT2D eigenvalue weighted by Crippen LogP contribution is -2.70. The van der Waals surface area contributed by atoms with E-state index < -0.39 is 28.1 Å². The van der Waals surface area contributed by atoms with E-state index in [4.69, 9.17) is 0 Å². The number of halogens is 2. The molecule has 4 heterocycles. The van der Waals surface area contributed by atoms with Crippen LogP contribution in [-0.2, 0) is 33.4 Å². The second kappa shape index (κ2) is 9.43. The molecule has 1 saturated heterocycles. The molecular formula is C33H31F2N5O2. The average Bonchev–Trinajstić information content (AvgIpc) is 3.66. The summed E-state index contributed by atoms with van der Waals surface area (Å²) in [6.45, 7) is 2.39. The minimum atomic E-state index is -0.975. The van der Waals surface area contributed by atoms with Crippen molar-refractivity contribution >= 4 is 17.6 Å². The van der Waals surface area contributed by atoms with Crippen LogP contribution in [0, 0.1) is 23.5 Å². The number of aromatic nitrogens is 2. The molecular weight excluding hydrogens is 536 g/mol. The zero-order valence-electron chi connectivity index (χ0n) is 23.6. The van der Waals surface area contributed by atoms with Crippen molar-refractivity contribution in [2.45, 2.75) is 61.9 Å². The molecule has 9 heteroatoms. The molecule has 1 aromatic carbocycles. The SMILES string of the molecule is CN1C[C@@](C)(c2cc(F)cc(F)c2)N(CC#Cc2cnc3c(c2)C[C@@]2(C3)C(=O)Nc3ncccc32)C(=O)C12CCCC2. The van der Waals surface area contributed by atoms with Crippen LogP contribution < -0.4 is 5.32 Å². The van der Waals surface area contributed by atoms with Gasteiger partial charge in [0.15, 0.2) is 0 Å². The summed E-state index contributed by atoms with van der Waals surface area (Å²) in [7, 11) is 1.93. The zero-order valence-corrected chi connectivity index (χ0v) is 23.6. The van der Waals surface area contributed by atoms with E-state index in [0.717, 1.165) is 48.6 Å². The summed E-state index contributed by atoms with van der Waals surface area (Å²) < 4.78 is 28.7. The van der Waals surface area contributed by atoms with Crippen molar-refractivity contribution in [1.29, 1.82) is 0 Å². The Morgan fingerprint density at radius 1 is 1.05 bits per heavy atom. The summed E-state index contributed by atoms with van der Waals surface area (Å²) >= 11 is 0. The van der Waals surface area contributed by atoms with Gasteiger partial charge in [-0.05, 0) is 68.6 Å². The van der Waals surface area contributed by atoms with E-state index in [0.29, 0.717) is 36.3 Å². The lowest BCUT2D eigenvalue weighted by Gasteiger charge is -2.55. The quantitative estimate of drug-likeness (QED) is 0.472. The molecule has 2 aromatic heterocycles. The summed E-state index contributed by atoms with van der Waals surface area (Å²) in [5.74, 6) is 5.48. The van der Waals surface area contributed by atoms with Gasteiger partial charge in [-0.15, -0.1) is 0 Å². The van der Waals surface area contributed by atoms with Gasteiger partial charge in [-0.25, -0.2) is 13.8 Å². The van der Waals surface area contributed by atoms with Crippen LogP contribution >= 0.6 is 0 Å². The Hall–Kier alpha value is -4.16. The minimum absolute atomic E-state index is 0.0521. The number of likely N-dealkylation sites (N-methyl/N-ethyl adjacent to an activating group) is 1. The Balaban J connectivity index is 1.19. The van der Waals surface area contributed by atoms with Crippen LogP contribution in [-0.4, -0.2) is 57.3 Å². The molecule has 1 saturated carbocycles. The second-order valence-corrected chi connectivity index (χ2v) is 12.3. The van der Waals surface area contributed by atoms with E-state index in [1.807, 2.05) is 32.2 Å². The lowest BCUT2D eigenvalue weighted by atomic mass is 9.80. The van der Waals surface area contributed by atoms with Gasteiger partial charge in [0.25, 0.3) is 0 Å². The fourth-order valence-corrected chi connectivity index (χ4v) is 7.66. The van der Waals surface area contributed by atoms with Crippen molar-refractivity contribution in [2.75, 3.05) is 25.5 Å². The van der Waals surface area contributed by atoms with Crippen molar-refractivity contribution < 1.29 is 18.4 Å². The van der Waals surface area contributed by atoms with Crippen molar-refractivity contribution in [3.05, 3.63) is 88.4 Å². The van der Waals surface area contributed by atoms with Gasteiger partial charge in [0.05, 0.1) is 17.5 Å². The standard InChI is InChI=1S/C33H31F2N5O2/c1-31(23-14-24(34)16-25(35)15-23)20-39(2)33(9-3-4-10-33)30(42)40(31)12-6-7-21-13-22-17-32(18-27(22)37-19-21)26-8-5-11-36-28(26)38-29(32)41/h5,8,11,13-16,19H,3-4,9-10,12,17-18,20H2,1-2H3,(H,36,38,41)/t31-,32-/m0/s1. The fraction of sp³-hybridized carbons (Fsp3) is 0.394. The van der Waals surface area contributed by atoms with Gasteiger partial charge >= 0.3 is 0 Å². The predicted molar refractivity (Wildman–Crippen MR) is 152 cm³/mol. The number of pyridine rings is 2. The number of anilines is 1. The first-order valence-electron chi connectivity index (χ1n) is 14.4. The van der Waals surface area contributed by atoms with Gasteiger partial charge in [-0.3, -0.25) is 19.5 Å². The highest BCUT2D eigenvalue weighted by atomic mass is 19.1. The Bertz CT molecular complexity index is 1690. The van der Waals surface area contributed by atoms with Gasteiger partial charge < -0.3 is 10.2 Å². The molecule has 7 rings (SSSR count). The number of fused-ring (bicyclic) bond motifs is 3. The van der Waals surface area contributed by atoms with Crippen molar-refractivity contribution in [1.82, 2.24) is 19.8 Å². The van der Waals surface area contributed by atoms with Crippen LogP contribution in [0.3, 0.4) is 0 Å². The van der Waals surface area contributed by atoms with E-state index in [9.17, 15) is 18.4 Å². The Labute approximate surface area is 243 Å². The molecule has 3 aromatic rings. The Morgan fingerprint density at radius 3 is 2.57 bits per heavy atom. The molecule has 1 N–H and O–H groups in total. The molecule has 2 aliphatic carbocycles. The van der Waals surface area contributed by atoms with E-state index in [-0.39, 0.29) is 18.4 Å². The number of nitrogens with one attached hydrogen (secondary N) is 1. The number of hydrogen-bond acceptors (Lipinski definition) is 5. The van der Waals surface area contributed by atoms with E-state index in [1.165, 1.54) is 12.1 Å². The van der Waals surface area contributed by atoms with Crippen molar-refractivity contribution in [2.24, 2.45) is 0 Å². The first-order chi connectivity index (χ1) is 20.1. The molecule has 214 valence electrons. The highest BCUT2D eigenvalue weighted by Crippen LogP contribution is 2.47. The maximum Gasteiger partial charge on any atom is 0.244 e. The van der Waals surface area contributed by atoms with Crippen LogP contribution in [0.4, 0.5) is 14.6 Å². The van der Waals surface area contributed by atoms with E-state index >= 15 is 0 Å². The number of benzene rings is 1. The number of piperazine rings is 1. The summed E-state index contributed by atoms with van der Waals surface area (Å²) in [5.41, 5.74) is 1.51. The second-order valence-electron chi connectivity index (χ2n) is 12.3. The topological polar surface area (TPSA) is 78.4 Å². The molecule has 0 bridgehead atoms. The van der Waals surface area contributed by atoms with Gasteiger partial charge in [-0.1, -0.05) is 30.7 Å². The van der Waals surface area contributed by atoms with Gasteiger partial charge in [0, 0.05) is 48.2 Å². The number of rotatable bonds is 2. The predicted octanol–water partition coefficient (Wildman–Crippen LogP) is 4.10. The molecule has 0 unspecified atom stereocenters. The number of carbonyl (C=O) groups is 2. The van der Waals surface area contributed by atoms with Crippen LogP contribution in [0.5, 0.6) is 0 Å². The third kappa shape index (κ3) is 3.88. The monoisotopic (exact) mass is 567 g/mol. The van der Waals surface area contributed by atoms with Crippen LogP contribution in [0.25, 0.3) is 0 Å². The number of amides is 2. The van der Waals surface area contributed by atoms with Gasteiger partial charge in [0.1, 0.15) is 23.0 Å².